The average Bonchev–Trinajstić information content (AvgIpc) is 2.90. The monoisotopic (exact) mass is 319 g/mol. The Kier molecular flexibility index (Phi) is 5.60. The van der Waals surface area contributed by atoms with E-state index in [2.05, 4.69) is 15.3 Å². The molecule has 5 nitrogen and oxygen atoms in total. The van der Waals surface area contributed by atoms with E-state index >= 15 is 0 Å². The zero-order valence-electron chi connectivity index (χ0n) is 13.3. The van der Waals surface area contributed by atoms with Gasteiger partial charge in [0, 0.05) is 17.9 Å². The number of furan rings is 1. The SMILES string of the molecule is Cc1cc(C)nc(SCc2ccc(C(=O)NCC(C)C)o2)n1. The van der Waals surface area contributed by atoms with E-state index in [4.69, 9.17) is 4.42 Å². The summed E-state index contributed by atoms with van der Waals surface area (Å²) < 4.78 is 5.57. The maximum atomic E-state index is 11.9. The molecule has 0 aliphatic heterocycles. The molecule has 0 aliphatic rings. The van der Waals surface area contributed by atoms with Crippen molar-refractivity contribution in [3.05, 3.63) is 41.1 Å². The zero-order valence-corrected chi connectivity index (χ0v) is 14.2. The lowest BCUT2D eigenvalue weighted by Crippen LogP contribution is -2.26. The number of amides is 1. The lowest BCUT2D eigenvalue weighted by atomic mass is 10.2. The Labute approximate surface area is 134 Å². The fraction of sp³-hybridized carbons (Fsp3) is 0.438. The molecule has 2 aromatic heterocycles. The van der Waals surface area contributed by atoms with Crippen LogP contribution in [0.15, 0.2) is 27.8 Å². The summed E-state index contributed by atoms with van der Waals surface area (Å²) in [5.74, 6) is 1.92. The summed E-state index contributed by atoms with van der Waals surface area (Å²) in [5.41, 5.74) is 1.89. The smallest absolute Gasteiger partial charge is 0.287 e. The minimum Gasteiger partial charge on any atom is -0.455 e. The molecule has 0 aliphatic carbocycles. The zero-order chi connectivity index (χ0) is 16.1. The van der Waals surface area contributed by atoms with E-state index in [1.54, 1.807) is 6.07 Å². The third-order valence-corrected chi connectivity index (χ3v) is 3.73. The maximum Gasteiger partial charge on any atom is 0.287 e. The highest BCUT2D eigenvalue weighted by Crippen LogP contribution is 2.21. The van der Waals surface area contributed by atoms with E-state index in [0.717, 1.165) is 22.3 Å². The first-order valence-corrected chi connectivity index (χ1v) is 8.24. The topological polar surface area (TPSA) is 68.0 Å². The van der Waals surface area contributed by atoms with Gasteiger partial charge in [-0.05, 0) is 38.0 Å². The van der Waals surface area contributed by atoms with Gasteiger partial charge in [-0.2, -0.15) is 0 Å². The predicted molar refractivity (Wildman–Crippen MR) is 86.9 cm³/mol. The fourth-order valence-electron chi connectivity index (χ4n) is 1.86. The standard InChI is InChI=1S/C16H21N3O2S/c1-10(2)8-17-15(20)14-6-5-13(21-14)9-22-16-18-11(3)7-12(4)19-16/h5-7,10H,8-9H2,1-4H3,(H,17,20). The summed E-state index contributed by atoms with van der Waals surface area (Å²) in [4.78, 5) is 20.6. The first-order chi connectivity index (χ1) is 10.4. The summed E-state index contributed by atoms with van der Waals surface area (Å²) in [5, 5.41) is 3.56. The lowest BCUT2D eigenvalue weighted by molar-refractivity contribution is 0.0920. The molecule has 0 saturated carbocycles. The van der Waals surface area contributed by atoms with Crippen molar-refractivity contribution < 1.29 is 9.21 Å². The van der Waals surface area contributed by atoms with Crippen LogP contribution in [0.5, 0.6) is 0 Å². The lowest BCUT2D eigenvalue weighted by Gasteiger charge is -2.05. The van der Waals surface area contributed by atoms with Gasteiger partial charge in [-0.3, -0.25) is 4.79 Å². The molecule has 0 unspecified atom stereocenters. The molecule has 1 N–H and O–H groups in total. The minimum atomic E-state index is -0.174. The average molecular weight is 319 g/mol. The molecule has 0 atom stereocenters. The number of hydrogen-bond donors (Lipinski definition) is 1. The highest BCUT2D eigenvalue weighted by Gasteiger charge is 2.12. The molecule has 0 bridgehead atoms. The summed E-state index contributed by atoms with van der Waals surface area (Å²) >= 11 is 1.50. The van der Waals surface area contributed by atoms with E-state index in [-0.39, 0.29) is 5.91 Å². The van der Waals surface area contributed by atoms with Gasteiger partial charge in [0.05, 0.1) is 5.75 Å². The van der Waals surface area contributed by atoms with E-state index < -0.39 is 0 Å². The van der Waals surface area contributed by atoms with E-state index in [1.807, 2.05) is 39.8 Å². The van der Waals surface area contributed by atoms with E-state index in [1.165, 1.54) is 11.8 Å². The van der Waals surface area contributed by atoms with Crippen molar-refractivity contribution in [2.45, 2.75) is 38.6 Å². The van der Waals surface area contributed by atoms with Crippen molar-refractivity contribution in [2.75, 3.05) is 6.54 Å². The fourth-order valence-corrected chi connectivity index (χ4v) is 2.70. The van der Waals surface area contributed by atoms with Gasteiger partial charge in [0.15, 0.2) is 10.9 Å². The van der Waals surface area contributed by atoms with Gasteiger partial charge in [-0.15, -0.1) is 0 Å². The summed E-state index contributed by atoms with van der Waals surface area (Å²) in [6.45, 7) is 8.63. The van der Waals surface area contributed by atoms with Gasteiger partial charge in [0.1, 0.15) is 5.76 Å². The molecule has 1 amide bonds. The molecule has 0 radical (unpaired) electrons. The van der Waals surface area contributed by atoms with Crippen LogP contribution in [0.1, 0.15) is 41.6 Å². The Bertz CT molecular complexity index is 632. The van der Waals surface area contributed by atoms with Crippen LogP contribution in [0.4, 0.5) is 0 Å². The number of aryl methyl sites for hydroxylation is 2. The Morgan fingerprint density at radius 3 is 2.59 bits per heavy atom. The molecule has 22 heavy (non-hydrogen) atoms. The molecule has 2 rings (SSSR count). The molecule has 0 fully saturated rings. The van der Waals surface area contributed by atoms with Crippen LogP contribution < -0.4 is 5.32 Å². The molecule has 0 saturated heterocycles. The molecule has 118 valence electrons. The largest absolute Gasteiger partial charge is 0.455 e. The first kappa shape index (κ1) is 16.5. The molecule has 0 aromatic carbocycles. The number of thioether (sulfide) groups is 1. The third-order valence-electron chi connectivity index (χ3n) is 2.86. The number of carbonyl (C=O) groups excluding carboxylic acids is 1. The van der Waals surface area contributed by atoms with Crippen molar-refractivity contribution in [3.63, 3.8) is 0 Å². The molecule has 2 heterocycles. The normalized spacial score (nSPS) is 11.0. The Hall–Kier alpha value is -1.82. The Morgan fingerprint density at radius 2 is 1.95 bits per heavy atom. The number of carbonyl (C=O) groups is 1. The van der Waals surface area contributed by atoms with E-state index in [9.17, 15) is 4.79 Å². The number of nitrogens with zero attached hydrogens (tertiary/aromatic N) is 2. The second kappa shape index (κ2) is 7.45. The van der Waals surface area contributed by atoms with Gasteiger partial charge in [0.25, 0.3) is 5.91 Å². The Morgan fingerprint density at radius 1 is 1.27 bits per heavy atom. The number of nitrogens with one attached hydrogen (secondary N) is 1. The third kappa shape index (κ3) is 4.87. The molecule has 0 spiro atoms. The van der Waals surface area contributed by atoms with Crippen molar-refractivity contribution in [1.29, 1.82) is 0 Å². The summed E-state index contributed by atoms with van der Waals surface area (Å²) in [6.07, 6.45) is 0. The van der Waals surface area contributed by atoms with Crippen LogP contribution >= 0.6 is 11.8 Å². The molecular formula is C16H21N3O2S. The van der Waals surface area contributed by atoms with Crippen LogP contribution in [0.3, 0.4) is 0 Å². The van der Waals surface area contributed by atoms with Crippen LogP contribution in [-0.4, -0.2) is 22.4 Å². The molecule has 6 heteroatoms. The number of hydrogen-bond acceptors (Lipinski definition) is 5. The maximum absolute atomic E-state index is 11.9. The number of rotatable bonds is 6. The highest BCUT2D eigenvalue weighted by molar-refractivity contribution is 7.98. The molecule has 2 aromatic rings. The minimum absolute atomic E-state index is 0.174. The van der Waals surface area contributed by atoms with E-state index in [0.29, 0.717) is 24.0 Å². The second-order valence-electron chi connectivity index (χ2n) is 5.59. The summed E-state index contributed by atoms with van der Waals surface area (Å²) in [7, 11) is 0. The highest BCUT2D eigenvalue weighted by atomic mass is 32.2. The van der Waals surface area contributed by atoms with Crippen LogP contribution in [0.2, 0.25) is 0 Å². The van der Waals surface area contributed by atoms with Crippen molar-refractivity contribution in [1.82, 2.24) is 15.3 Å². The van der Waals surface area contributed by atoms with Gasteiger partial charge in [-0.25, -0.2) is 9.97 Å². The van der Waals surface area contributed by atoms with Gasteiger partial charge in [0.2, 0.25) is 0 Å². The molecular weight excluding hydrogens is 298 g/mol. The quantitative estimate of drug-likeness (QED) is 0.653. The van der Waals surface area contributed by atoms with Crippen molar-refractivity contribution in [3.8, 4) is 0 Å². The Balaban J connectivity index is 1.93. The van der Waals surface area contributed by atoms with Crippen LogP contribution in [-0.2, 0) is 5.75 Å². The van der Waals surface area contributed by atoms with Crippen LogP contribution in [0, 0.1) is 19.8 Å². The van der Waals surface area contributed by atoms with Crippen molar-refractivity contribution in [2.24, 2.45) is 5.92 Å². The predicted octanol–water partition coefficient (Wildman–Crippen LogP) is 3.36. The first-order valence-electron chi connectivity index (χ1n) is 7.26. The van der Waals surface area contributed by atoms with Gasteiger partial charge >= 0.3 is 0 Å². The number of aromatic nitrogens is 2. The van der Waals surface area contributed by atoms with Crippen LogP contribution in [0.25, 0.3) is 0 Å². The van der Waals surface area contributed by atoms with Gasteiger partial charge < -0.3 is 9.73 Å². The van der Waals surface area contributed by atoms with Gasteiger partial charge in [-0.1, -0.05) is 25.6 Å². The second-order valence-corrected chi connectivity index (χ2v) is 6.53. The summed E-state index contributed by atoms with van der Waals surface area (Å²) in [6, 6.07) is 5.46. The van der Waals surface area contributed by atoms with Crippen molar-refractivity contribution >= 4 is 17.7 Å².